The van der Waals surface area contributed by atoms with E-state index in [2.05, 4.69) is 74.8 Å². The summed E-state index contributed by atoms with van der Waals surface area (Å²) in [6.45, 7) is 1.17. The number of hydrogen-bond donors (Lipinski definition) is 2. The molecule has 0 aliphatic carbocycles. The van der Waals surface area contributed by atoms with E-state index in [-0.39, 0.29) is 37.3 Å². The van der Waals surface area contributed by atoms with E-state index in [1.807, 2.05) is 115 Å². The third-order valence-electron chi connectivity index (χ3n) is 12.8. The van der Waals surface area contributed by atoms with Crippen molar-refractivity contribution in [2.75, 3.05) is 69.7 Å². The van der Waals surface area contributed by atoms with Crippen LogP contribution in [0, 0.1) is 0 Å². The van der Waals surface area contributed by atoms with Crippen molar-refractivity contribution in [3.05, 3.63) is 226 Å². The molecule has 1 fully saturated rings. The summed E-state index contributed by atoms with van der Waals surface area (Å²) in [6.07, 6.45) is -0.733. The van der Waals surface area contributed by atoms with Gasteiger partial charge in [0.2, 0.25) is 0 Å². The van der Waals surface area contributed by atoms with Crippen molar-refractivity contribution in [1.29, 1.82) is 0 Å². The quantitative estimate of drug-likeness (QED) is 0.00545. The minimum absolute atomic E-state index is 0.0543. The van der Waals surface area contributed by atoms with Crippen LogP contribution in [0.5, 0.6) is 11.5 Å². The predicted molar refractivity (Wildman–Crippen MR) is 311 cm³/mol. The summed E-state index contributed by atoms with van der Waals surface area (Å²) >= 11 is 4.94. The van der Waals surface area contributed by atoms with E-state index < -0.39 is 40.8 Å². The Labute approximate surface area is 480 Å². The van der Waals surface area contributed by atoms with Gasteiger partial charge in [-0.25, -0.2) is 9.78 Å². The van der Waals surface area contributed by atoms with Crippen LogP contribution in [0.1, 0.15) is 45.2 Å². The number of β-lactam (4-membered cyclic amide) rings is 1. The summed E-state index contributed by atoms with van der Waals surface area (Å²) in [6, 6.07) is 53.3. The van der Waals surface area contributed by atoms with Gasteiger partial charge in [0.05, 0.1) is 26.4 Å². The van der Waals surface area contributed by atoms with Crippen LogP contribution in [0.2, 0.25) is 0 Å². The Balaban J connectivity index is 1.01. The minimum atomic E-state index is -1.03. The van der Waals surface area contributed by atoms with Gasteiger partial charge in [0.1, 0.15) is 35.0 Å². The third kappa shape index (κ3) is 13.7. The van der Waals surface area contributed by atoms with Crippen molar-refractivity contribution in [1.82, 2.24) is 15.2 Å². The second kappa shape index (κ2) is 28.2. The number of alkyl halides is 1. The Hall–Kier alpha value is -7.11. The number of halogens is 1. The number of amides is 2. The number of nitrogens with zero attached hydrogens (tertiary/aromatic N) is 3. The van der Waals surface area contributed by atoms with Gasteiger partial charge < -0.3 is 48.6 Å². The molecule has 0 bridgehead atoms. The maximum Gasteiger partial charge on any atom is 0.356 e. The number of rotatable bonds is 28. The number of benzene rings is 6. The monoisotopic (exact) mass is 1220 g/mol. The van der Waals surface area contributed by atoms with E-state index in [1.165, 1.54) is 28.0 Å². The van der Waals surface area contributed by atoms with E-state index in [1.54, 1.807) is 37.8 Å². The molecule has 408 valence electrons. The predicted octanol–water partition coefficient (Wildman–Crippen LogP) is 9.89. The lowest BCUT2D eigenvalue weighted by Gasteiger charge is -2.49. The molecule has 0 saturated carbocycles. The zero-order chi connectivity index (χ0) is 54.8. The first kappa shape index (κ1) is 56.6. The number of anilines is 1. The van der Waals surface area contributed by atoms with Crippen molar-refractivity contribution in [2.45, 2.75) is 29.7 Å². The second-order valence-electron chi connectivity index (χ2n) is 17.9. The summed E-state index contributed by atoms with van der Waals surface area (Å²) in [5.41, 5.74) is 5.04. The van der Waals surface area contributed by atoms with Gasteiger partial charge in [0.15, 0.2) is 42.0 Å². The van der Waals surface area contributed by atoms with E-state index >= 15 is 0 Å². The first-order valence-electron chi connectivity index (χ1n) is 25.3. The Morgan fingerprint density at radius 3 is 1.82 bits per heavy atom. The highest BCUT2D eigenvalue weighted by molar-refractivity contribution is 14.1. The lowest BCUT2D eigenvalue weighted by atomic mass is 9.77. The average molecular weight is 1220 g/mol. The molecule has 2 atom stereocenters. The van der Waals surface area contributed by atoms with E-state index in [4.69, 9.17) is 43.0 Å². The molecule has 0 spiro atoms. The van der Waals surface area contributed by atoms with E-state index in [0.29, 0.717) is 58.8 Å². The molecular weight excluding hydrogens is 1160 g/mol. The Morgan fingerprint density at radius 1 is 0.734 bits per heavy atom. The van der Waals surface area contributed by atoms with Crippen molar-refractivity contribution in [3.63, 3.8) is 0 Å². The smallest absolute Gasteiger partial charge is 0.356 e. The standard InChI is InChI=1S/C60H58IN5O11S2/c1-70-30-32-72-39-74-49-29-28-41(34-50(49)75-40-73-33-31-71-2)36-76-65-51(48-38-79-59(62-48)64-60(45-22-12-5-13-23-45,46-24-14-6-15-25-46)47-26-16-7-17-27-47)55(67)63-52-56(68)66-53(44(35-61)37-78-57(52)66)58(69)77-54(42-18-8-3-9-19-42)43-20-10-4-11-21-43/h3-29,34,38,52,54,57H,30-33,35-37,39-40H2,1-2H3,(H,62,64)(H,63,67)/t52-,57-/m1/s1. The fraction of sp³-hybridized carbons (Fsp3) is 0.250. The van der Waals surface area contributed by atoms with Gasteiger partial charge in [-0.2, -0.15) is 0 Å². The van der Waals surface area contributed by atoms with Crippen LogP contribution in [0.3, 0.4) is 0 Å². The average Bonchev–Trinajstić information content (AvgIpc) is 4.06. The molecule has 79 heavy (non-hydrogen) atoms. The zero-order valence-electron chi connectivity index (χ0n) is 43.4. The first-order chi connectivity index (χ1) is 38.8. The van der Waals surface area contributed by atoms with Gasteiger partial charge >= 0.3 is 5.97 Å². The number of oxime groups is 1. The Kier molecular flexibility index (Phi) is 20.2. The van der Waals surface area contributed by atoms with Gasteiger partial charge in [0.25, 0.3) is 11.8 Å². The number of carbonyl (C=O) groups excluding carboxylic acids is 3. The number of hydrogen-bond acceptors (Lipinski definition) is 16. The minimum Gasteiger partial charge on any atom is -0.464 e. The zero-order valence-corrected chi connectivity index (χ0v) is 47.2. The number of carbonyl (C=O) groups is 3. The topological polar surface area (TPSA) is 178 Å². The lowest BCUT2D eigenvalue weighted by molar-refractivity contribution is -0.154. The van der Waals surface area contributed by atoms with Gasteiger partial charge in [0, 0.05) is 29.8 Å². The van der Waals surface area contributed by atoms with Gasteiger partial charge in [-0.05, 0) is 51.1 Å². The SMILES string of the molecule is COCCOCOc1ccc(CON=C(C(=O)N[C@@H]2C(=O)N3C(C(=O)OC(c4ccccc4)c4ccccc4)=C(CI)CS[C@H]23)c2csc(NC(c3ccccc3)(c3ccccc3)c3ccccc3)n2)cc1OCOCCOC. The molecule has 2 N–H and O–H groups in total. The van der Waals surface area contributed by atoms with E-state index in [9.17, 15) is 14.4 Å². The summed E-state index contributed by atoms with van der Waals surface area (Å²) in [5.74, 6) is -0.648. The molecule has 2 aliphatic heterocycles. The fourth-order valence-corrected chi connectivity index (χ4v) is 12.1. The van der Waals surface area contributed by atoms with Gasteiger partial charge in [-0.15, -0.1) is 23.1 Å². The van der Waals surface area contributed by atoms with E-state index in [0.717, 1.165) is 33.4 Å². The molecule has 0 radical (unpaired) electrons. The number of fused-ring (bicyclic) bond motifs is 1. The Bertz CT molecular complexity index is 3040. The van der Waals surface area contributed by atoms with Crippen LogP contribution in [0.15, 0.2) is 192 Å². The number of nitrogens with one attached hydrogen (secondary N) is 2. The molecule has 19 heteroatoms. The molecule has 1 saturated heterocycles. The molecule has 0 unspecified atom stereocenters. The number of ether oxygens (including phenoxy) is 7. The van der Waals surface area contributed by atoms with Gasteiger partial charge in [-0.1, -0.05) is 185 Å². The first-order valence-corrected chi connectivity index (χ1v) is 28.7. The molecule has 1 aromatic heterocycles. The molecule has 16 nitrogen and oxygen atoms in total. The second-order valence-corrected chi connectivity index (χ2v) is 20.6. The van der Waals surface area contributed by atoms with Crippen molar-refractivity contribution in [3.8, 4) is 11.5 Å². The summed E-state index contributed by atoms with van der Waals surface area (Å²) in [5, 5.41) is 12.7. The van der Waals surface area contributed by atoms with Crippen LogP contribution >= 0.6 is 45.7 Å². The number of thiazole rings is 1. The van der Waals surface area contributed by atoms with Gasteiger partial charge in [-0.3, -0.25) is 14.5 Å². The van der Waals surface area contributed by atoms with Crippen LogP contribution in [-0.4, -0.2) is 109 Å². The number of thioether (sulfide) groups is 1. The molecule has 2 aliphatic rings. The lowest BCUT2D eigenvalue weighted by Crippen LogP contribution is -2.71. The van der Waals surface area contributed by atoms with Crippen molar-refractivity contribution < 1.29 is 52.4 Å². The molecule has 6 aromatic carbocycles. The largest absolute Gasteiger partial charge is 0.464 e. The van der Waals surface area contributed by atoms with Crippen LogP contribution < -0.4 is 20.1 Å². The molecule has 2 amide bonds. The van der Waals surface area contributed by atoms with Crippen LogP contribution in [0.25, 0.3) is 0 Å². The fourth-order valence-electron chi connectivity index (χ4n) is 8.98. The number of esters is 1. The normalized spacial score (nSPS) is 15.3. The molecule has 7 aromatic rings. The summed E-state index contributed by atoms with van der Waals surface area (Å²) in [4.78, 5) is 56.3. The van der Waals surface area contributed by atoms with Crippen molar-refractivity contribution >= 4 is 74.3 Å². The van der Waals surface area contributed by atoms with Crippen molar-refractivity contribution in [2.24, 2.45) is 5.16 Å². The molecule has 3 heterocycles. The highest BCUT2D eigenvalue weighted by Crippen LogP contribution is 2.43. The molecular formula is C60H58IN5O11S2. The summed E-state index contributed by atoms with van der Waals surface area (Å²) < 4.78 is 39.9. The van der Waals surface area contributed by atoms with Crippen LogP contribution in [0.4, 0.5) is 5.13 Å². The Morgan fingerprint density at radius 2 is 1.28 bits per heavy atom. The van der Waals surface area contributed by atoms with Crippen LogP contribution in [-0.2, 0) is 55.1 Å². The highest BCUT2D eigenvalue weighted by Gasteiger charge is 2.55. The number of methoxy groups -OCH3 is 2. The molecule has 9 rings (SSSR count). The summed E-state index contributed by atoms with van der Waals surface area (Å²) in [7, 11) is 3.17. The number of aromatic nitrogens is 1. The maximum absolute atomic E-state index is 14.9. The maximum atomic E-state index is 14.9. The third-order valence-corrected chi connectivity index (χ3v) is 15.9. The highest BCUT2D eigenvalue weighted by atomic mass is 127.